The average Bonchev–Trinajstić information content (AvgIpc) is 3.36. The van der Waals surface area contributed by atoms with Gasteiger partial charge in [0.2, 0.25) is 0 Å². The normalized spacial score (nSPS) is 25.0. The van der Waals surface area contributed by atoms with Crippen LogP contribution in [0.15, 0.2) is 187 Å². The van der Waals surface area contributed by atoms with Gasteiger partial charge in [0.1, 0.15) is 48.2 Å². The van der Waals surface area contributed by atoms with E-state index in [2.05, 4.69) is 0 Å². The summed E-state index contributed by atoms with van der Waals surface area (Å²) in [6.07, 6.45) is -9.10. The lowest BCUT2D eigenvalue weighted by Gasteiger charge is -2.49. The zero-order chi connectivity index (χ0) is 46.0. The maximum absolute atomic E-state index is 12.7. The van der Waals surface area contributed by atoms with E-state index < -0.39 is 66.5 Å². The number of thioether (sulfide) groups is 1. The molecule has 0 aliphatic carbocycles. The van der Waals surface area contributed by atoms with Gasteiger partial charge in [-0.25, -0.2) is 0 Å². The number of aliphatic hydroxyl groups is 1. The van der Waals surface area contributed by atoms with E-state index in [9.17, 15) is 9.90 Å². The Morgan fingerprint density at radius 3 is 1.31 bits per heavy atom. The average molecular weight is 927 g/mol. The summed E-state index contributed by atoms with van der Waals surface area (Å²) in [5, 5.41) is 12.3. The zero-order valence-electron chi connectivity index (χ0n) is 37.5. The molecule has 2 aliphatic heterocycles. The summed E-state index contributed by atoms with van der Waals surface area (Å²) < 4.78 is 60.2. The third-order valence-electron chi connectivity index (χ3n) is 11.4. The molecule has 10 atom stereocenters. The molecule has 2 aliphatic rings. The second-order valence-electron chi connectivity index (χ2n) is 16.5. The van der Waals surface area contributed by atoms with Crippen molar-refractivity contribution in [2.45, 2.75) is 105 Å². The lowest BCUT2D eigenvalue weighted by molar-refractivity contribution is -0.352. The molecule has 0 amide bonds. The van der Waals surface area contributed by atoms with Gasteiger partial charge in [0.15, 0.2) is 12.4 Å². The first kappa shape index (κ1) is 48.2. The van der Waals surface area contributed by atoms with Crippen LogP contribution in [0.5, 0.6) is 0 Å². The Balaban J connectivity index is 1.17. The second-order valence-corrected chi connectivity index (χ2v) is 17.6. The second kappa shape index (κ2) is 25.2. The number of benzene rings is 6. The largest absolute Gasteiger partial charge is 0.457 e. The third-order valence-corrected chi connectivity index (χ3v) is 12.6. The van der Waals surface area contributed by atoms with E-state index >= 15 is 0 Å². The van der Waals surface area contributed by atoms with Crippen molar-refractivity contribution in [3.63, 3.8) is 0 Å². The number of aliphatic hydroxyl groups excluding tert-OH is 1. The Morgan fingerprint density at radius 1 is 0.478 bits per heavy atom. The van der Waals surface area contributed by atoms with Gasteiger partial charge in [-0.15, -0.1) is 0 Å². The fourth-order valence-corrected chi connectivity index (χ4v) is 9.26. The highest BCUT2D eigenvalue weighted by Crippen LogP contribution is 2.40. The third kappa shape index (κ3) is 14.2. The first-order chi connectivity index (χ1) is 33.0. The summed E-state index contributed by atoms with van der Waals surface area (Å²) in [4.78, 5) is 13.6. The molecule has 1 N–H and O–H groups in total. The quantitative estimate of drug-likeness (QED) is 0.0655. The topological polar surface area (TPSA) is 120 Å². The molecule has 0 bridgehead atoms. The van der Waals surface area contributed by atoms with Crippen molar-refractivity contribution < 1.29 is 52.5 Å². The molecular formula is C55H58O11S. The minimum Gasteiger partial charge on any atom is -0.457 e. The van der Waals surface area contributed by atoms with Gasteiger partial charge in [-0.05, 0) is 39.9 Å². The highest BCUT2D eigenvalue weighted by atomic mass is 32.2. The molecule has 0 radical (unpaired) electrons. The Bertz CT molecular complexity index is 2310. The van der Waals surface area contributed by atoms with Crippen molar-refractivity contribution in [3.05, 3.63) is 210 Å². The Hall–Kier alpha value is -5.22. The number of carbonyl (C=O) groups is 1. The maximum atomic E-state index is 12.7. The molecule has 2 heterocycles. The van der Waals surface area contributed by atoms with Gasteiger partial charge in [-0.3, -0.25) is 4.79 Å². The fourth-order valence-electron chi connectivity index (χ4n) is 8.11. The lowest BCUT2D eigenvalue weighted by atomic mass is 9.96. The molecule has 0 spiro atoms. The molecule has 6 aromatic rings. The monoisotopic (exact) mass is 926 g/mol. The van der Waals surface area contributed by atoms with Crippen LogP contribution >= 0.6 is 11.8 Å². The fraction of sp³-hybridized carbons (Fsp3) is 0.327. The molecule has 11 nitrogen and oxygen atoms in total. The number of ether oxygens (including phenoxy) is 9. The van der Waals surface area contributed by atoms with E-state index in [0.717, 1.165) is 32.7 Å². The van der Waals surface area contributed by atoms with Crippen LogP contribution in [-0.2, 0) is 80.5 Å². The van der Waals surface area contributed by atoms with Gasteiger partial charge in [-0.1, -0.05) is 182 Å². The van der Waals surface area contributed by atoms with E-state index in [0.29, 0.717) is 6.61 Å². The highest BCUT2D eigenvalue weighted by molar-refractivity contribution is 7.99. The molecule has 0 saturated carbocycles. The van der Waals surface area contributed by atoms with E-state index in [-0.39, 0.29) is 39.6 Å². The van der Waals surface area contributed by atoms with Gasteiger partial charge < -0.3 is 47.7 Å². The van der Waals surface area contributed by atoms with Crippen LogP contribution in [-0.4, -0.2) is 84.8 Å². The molecule has 0 aromatic heterocycles. The molecule has 12 heteroatoms. The molecule has 2 saturated heterocycles. The predicted molar refractivity (Wildman–Crippen MR) is 253 cm³/mol. The first-order valence-corrected chi connectivity index (χ1v) is 23.6. The van der Waals surface area contributed by atoms with Crippen molar-refractivity contribution in [1.82, 2.24) is 0 Å². The number of hydrogen-bond donors (Lipinski definition) is 1. The first-order valence-electron chi connectivity index (χ1n) is 22.7. The Kier molecular flexibility index (Phi) is 18.2. The van der Waals surface area contributed by atoms with Gasteiger partial charge >= 0.3 is 5.97 Å². The summed E-state index contributed by atoms with van der Waals surface area (Å²) in [7, 11) is 0. The Labute approximate surface area is 397 Å². The molecule has 67 heavy (non-hydrogen) atoms. The molecule has 2 fully saturated rings. The maximum Gasteiger partial charge on any atom is 0.303 e. The summed E-state index contributed by atoms with van der Waals surface area (Å²) >= 11 is 1.54. The van der Waals surface area contributed by atoms with Crippen molar-refractivity contribution in [2.24, 2.45) is 0 Å². The summed E-state index contributed by atoms with van der Waals surface area (Å²) in [6.45, 7) is 2.54. The van der Waals surface area contributed by atoms with Gasteiger partial charge in [0.05, 0.1) is 46.2 Å². The molecule has 6 aromatic carbocycles. The van der Waals surface area contributed by atoms with Gasteiger partial charge in [0.25, 0.3) is 0 Å². The van der Waals surface area contributed by atoms with Crippen LogP contribution in [0.25, 0.3) is 0 Å². The smallest absolute Gasteiger partial charge is 0.303 e. The van der Waals surface area contributed by atoms with E-state index in [1.54, 1.807) is 0 Å². The van der Waals surface area contributed by atoms with E-state index in [1.165, 1.54) is 18.7 Å². The van der Waals surface area contributed by atoms with Crippen molar-refractivity contribution in [3.8, 4) is 0 Å². The van der Waals surface area contributed by atoms with Crippen LogP contribution in [0.1, 0.15) is 34.7 Å². The predicted octanol–water partition coefficient (Wildman–Crippen LogP) is 9.10. The number of rotatable bonds is 22. The molecular weight excluding hydrogens is 869 g/mol. The van der Waals surface area contributed by atoms with Crippen molar-refractivity contribution in [2.75, 3.05) is 13.2 Å². The zero-order valence-corrected chi connectivity index (χ0v) is 38.3. The van der Waals surface area contributed by atoms with Crippen LogP contribution in [0.2, 0.25) is 0 Å². The number of esters is 1. The number of carbonyl (C=O) groups excluding carboxylic acids is 1. The minimum absolute atomic E-state index is 0.0352. The van der Waals surface area contributed by atoms with Gasteiger partial charge in [0, 0.05) is 11.8 Å². The molecule has 8 rings (SSSR count). The standard InChI is InChI=1S/C55H58O11S/c1-39(56)63-49-46(37-58-32-40-20-8-2-9-21-40)64-54(51(48(49)57)60-34-42-24-12-4-13-25-42)66-50-47(38-59-33-41-22-10-3-11-23-41)65-55(67-45-30-18-7-19-31-45)53(62-36-44-28-16-6-17-29-44)52(50)61-35-43-26-14-5-15-27-43/h2-31,46-55,57H,32-38H2,1H3/t46-,47-,48+,49+,50-,51-,52+,53-,54+,55+/m1/s1. The van der Waals surface area contributed by atoms with Crippen LogP contribution in [0, 0.1) is 0 Å². The van der Waals surface area contributed by atoms with Crippen LogP contribution in [0.4, 0.5) is 0 Å². The summed E-state index contributed by atoms with van der Waals surface area (Å²) in [5.74, 6) is -0.590. The van der Waals surface area contributed by atoms with Gasteiger partial charge in [-0.2, -0.15) is 0 Å². The summed E-state index contributed by atoms with van der Waals surface area (Å²) in [6, 6.07) is 59.2. The van der Waals surface area contributed by atoms with Crippen molar-refractivity contribution in [1.29, 1.82) is 0 Å². The lowest BCUT2D eigenvalue weighted by Crippen LogP contribution is -2.65. The van der Waals surface area contributed by atoms with Crippen LogP contribution < -0.4 is 0 Å². The Morgan fingerprint density at radius 2 is 0.866 bits per heavy atom. The molecule has 350 valence electrons. The SMILES string of the molecule is CC(=O)O[C@@H]1[C@H](O)[C@@H](OCc2ccccc2)[C@H](O[C@H]2[C@H](OCc3ccccc3)[C@@H](OCc3ccccc3)[C@H](Sc3ccccc3)O[C@@H]2COCc2ccccc2)O[C@@H]1COCc1ccccc1. The molecule has 0 unspecified atom stereocenters. The minimum atomic E-state index is -1.40. The van der Waals surface area contributed by atoms with E-state index in [4.69, 9.17) is 42.6 Å². The van der Waals surface area contributed by atoms with Crippen LogP contribution in [0.3, 0.4) is 0 Å². The highest BCUT2D eigenvalue weighted by Gasteiger charge is 2.54. The number of hydrogen-bond acceptors (Lipinski definition) is 12. The van der Waals surface area contributed by atoms with Crippen molar-refractivity contribution >= 4 is 17.7 Å². The summed E-state index contributed by atoms with van der Waals surface area (Å²) in [5.41, 5.74) is 4.13. The van der Waals surface area contributed by atoms with E-state index in [1.807, 2.05) is 182 Å².